The van der Waals surface area contributed by atoms with Crippen molar-refractivity contribution in [2.45, 2.75) is 56.6 Å². The van der Waals surface area contributed by atoms with E-state index in [0.29, 0.717) is 23.3 Å². The van der Waals surface area contributed by atoms with Crippen molar-refractivity contribution < 1.29 is 29.0 Å². The first-order valence-electron chi connectivity index (χ1n) is 12.3. The van der Waals surface area contributed by atoms with Crippen molar-refractivity contribution in [2.75, 3.05) is 0 Å². The number of esters is 1. The third kappa shape index (κ3) is 3.74. The van der Waals surface area contributed by atoms with E-state index < -0.39 is 35.4 Å². The average molecular weight is 474 g/mol. The Morgan fingerprint density at radius 1 is 0.914 bits per heavy atom. The van der Waals surface area contributed by atoms with Crippen LogP contribution in [-0.4, -0.2) is 45.4 Å². The van der Waals surface area contributed by atoms with Gasteiger partial charge in [0.1, 0.15) is 11.6 Å². The van der Waals surface area contributed by atoms with E-state index >= 15 is 0 Å². The molecule has 2 amide bonds. The zero-order valence-corrected chi connectivity index (χ0v) is 19.3. The van der Waals surface area contributed by atoms with Gasteiger partial charge in [-0.1, -0.05) is 30.3 Å². The number of nitrogens with zero attached hydrogens (tertiary/aromatic N) is 1. The molecular weight excluding hydrogens is 446 g/mol. The average Bonchev–Trinajstić information content (AvgIpc) is 3.06. The number of fused-ring (bicyclic) bond motifs is 1. The van der Waals surface area contributed by atoms with E-state index in [0.717, 1.165) is 24.2 Å². The second kappa shape index (κ2) is 8.04. The predicted molar refractivity (Wildman–Crippen MR) is 125 cm³/mol. The van der Waals surface area contributed by atoms with E-state index in [9.17, 15) is 24.3 Å². The molecule has 1 aliphatic heterocycles. The zero-order chi connectivity index (χ0) is 24.3. The number of carboxylic acid groups (broad SMARTS) is 1. The number of imide groups is 1. The van der Waals surface area contributed by atoms with Gasteiger partial charge in [-0.3, -0.25) is 14.5 Å². The lowest BCUT2D eigenvalue weighted by Gasteiger charge is -2.55. The van der Waals surface area contributed by atoms with Gasteiger partial charge in [0.25, 0.3) is 11.8 Å². The molecule has 4 fully saturated rings. The normalized spacial score (nSPS) is 29.3. The molecule has 1 unspecified atom stereocenters. The van der Waals surface area contributed by atoms with Crippen molar-refractivity contribution >= 4 is 23.8 Å². The smallest absolute Gasteiger partial charge is 0.338 e. The molecule has 2 aromatic rings. The molecule has 5 aliphatic rings. The first-order valence-corrected chi connectivity index (χ1v) is 12.3. The SMILES string of the molecule is O=C(OC12CC3CC(CC(C3)C1)C2)c1ccc2c(c1)C(=O)N(C(Cc1ccccc1)C(=O)O)C2=O. The van der Waals surface area contributed by atoms with Crippen LogP contribution in [0.4, 0.5) is 0 Å². The van der Waals surface area contributed by atoms with Gasteiger partial charge in [-0.2, -0.15) is 0 Å². The maximum absolute atomic E-state index is 13.2. The van der Waals surface area contributed by atoms with Gasteiger partial charge >= 0.3 is 11.9 Å². The molecule has 0 spiro atoms. The summed E-state index contributed by atoms with van der Waals surface area (Å²) in [5.41, 5.74) is 0.671. The summed E-state index contributed by atoms with van der Waals surface area (Å²) in [5, 5.41) is 9.82. The van der Waals surface area contributed by atoms with E-state index in [1.54, 1.807) is 24.3 Å². The Hall–Kier alpha value is -3.48. The van der Waals surface area contributed by atoms with Gasteiger partial charge < -0.3 is 9.84 Å². The van der Waals surface area contributed by atoms with Crippen molar-refractivity contribution in [1.82, 2.24) is 4.90 Å². The molecule has 0 saturated heterocycles. The van der Waals surface area contributed by atoms with Crippen molar-refractivity contribution in [3.05, 3.63) is 70.8 Å². The number of hydrogen-bond donors (Lipinski definition) is 1. The molecular formula is C28H27NO6. The summed E-state index contributed by atoms with van der Waals surface area (Å²) >= 11 is 0. The lowest BCUT2D eigenvalue weighted by molar-refractivity contribution is -0.141. The highest BCUT2D eigenvalue weighted by Gasteiger charge is 2.53. The van der Waals surface area contributed by atoms with Crippen LogP contribution in [0.3, 0.4) is 0 Å². The van der Waals surface area contributed by atoms with E-state index in [-0.39, 0.29) is 23.1 Å². The molecule has 7 heteroatoms. The highest BCUT2D eigenvalue weighted by atomic mass is 16.6. The summed E-state index contributed by atoms with van der Waals surface area (Å²) in [7, 11) is 0. The number of carboxylic acids is 1. The van der Waals surface area contributed by atoms with Gasteiger partial charge in [-0.15, -0.1) is 0 Å². The van der Waals surface area contributed by atoms with Crippen LogP contribution in [-0.2, 0) is 16.0 Å². The molecule has 35 heavy (non-hydrogen) atoms. The monoisotopic (exact) mass is 473 g/mol. The Morgan fingerprint density at radius 2 is 1.51 bits per heavy atom. The number of aliphatic carboxylic acids is 1. The molecule has 1 N–H and O–H groups in total. The van der Waals surface area contributed by atoms with Crippen LogP contribution in [0.5, 0.6) is 0 Å². The van der Waals surface area contributed by atoms with Crippen LogP contribution in [0.2, 0.25) is 0 Å². The van der Waals surface area contributed by atoms with Gasteiger partial charge in [-0.05, 0) is 80.0 Å². The molecule has 1 atom stereocenters. The Kier molecular flexibility index (Phi) is 5.06. The molecule has 180 valence electrons. The number of ether oxygens (including phenoxy) is 1. The largest absolute Gasteiger partial charge is 0.480 e. The first kappa shape index (κ1) is 22.0. The molecule has 4 aliphatic carbocycles. The third-order valence-electron chi connectivity index (χ3n) is 8.31. The molecule has 0 aromatic heterocycles. The molecule has 0 radical (unpaired) electrons. The predicted octanol–water partition coefficient (Wildman–Crippen LogP) is 4.10. The van der Waals surface area contributed by atoms with Gasteiger partial charge in [0.2, 0.25) is 0 Å². The van der Waals surface area contributed by atoms with Crippen molar-refractivity contribution in [2.24, 2.45) is 17.8 Å². The zero-order valence-electron chi connectivity index (χ0n) is 19.3. The van der Waals surface area contributed by atoms with E-state index in [2.05, 4.69) is 0 Å². The summed E-state index contributed by atoms with van der Waals surface area (Å²) in [6.45, 7) is 0. The summed E-state index contributed by atoms with van der Waals surface area (Å²) in [5.74, 6) is -1.22. The van der Waals surface area contributed by atoms with Crippen molar-refractivity contribution in [3.8, 4) is 0 Å². The fourth-order valence-electron chi connectivity index (χ4n) is 7.21. The van der Waals surface area contributed by atoms with Crippen molar-refractivity contribution in [3.63, 3.8) is 0 Å². The Bertz CT molecular complexity index is 1200. The number of carbonyl (C=O) groups is 4. The molecule has 2 aromatic carbocycles. The molecule has 1 heterocycles. The molecule has 4 bridgehead atoms. The van der Waals surface area contributed by atoms with E-state index in [4.69, 9.17) is 4.74 Å². The quantitative estimate of drug-likeness (QED) is 0.501. The fourth-order valence-corrected chi connectivity index (χ4v) is 7.21. The number of hydrogen-bond acceptors (Lipinski definition) is 5. The maximum Gasteiger partial charge on any atom is 0.338 e. The van der Waals surface area contributed by atoms with Gasteiger partial charge in [0.15, 0.2) is 0 Å². The number of carbonyl (C=O) groups excluding carboxylic acids is 3. The standard InChI is InChI=1S/C28H27NO6/c30-24-21-7-6-20(27(34)35-28-13-17-8-18(14-28)10-19(9-17)15-28)12-22(21)25(31)29(24)23(26(32)33)11-16-4-2-1-3-5-16/h1-7,12,17-19,23H,8-11,13-15H2,(H,32,33). The number of rotatable bonds is 6. The lowest BCUT2D eigenvalue weighted by Crippen LogP contribution is -2.52. The van der Waals surface area contributed by atoms with Crippen LogP contribution in [0.15, 0.2) is 48.5 Å². The summed E-state index contributed by atoms with van der Waals surface area (Å²) in [6.07, 6.45) is 6.41. The second-order valence-electron chi connectivity index (χ2n) is 10.8. The van der Waals surface area contributed by atoms with Gasteiger partial charge in [0.05, 0.1) is 16.7 Å². The van der Waals surface area contributed by atoms with Crippen LogP contribution < -0.4 is 0 Å². The lowest BCUT2D eigenvalue weighted by atomic mass is 9.54. The molecule has 7 rings (SSSR count). The number of amides is 2. The van der Waals surface area contributed by atoms with E-state index in [1.165, 1.54) is 37.5 Å². The summed E-state index contributed by atoms with van der Waals surface area (Å²) < 4.78 is 6.11. The second-order valence-corrected chi connectivity index (χ2v) is 10.8. The highest BCUT2D eigenvalue weighted by molar-refractivity contribution is 6.23. The third-order valence-corrected chi connectivity index (χ3v) is 8.31. The van der Waals surface area contributed by atoms with Crippen molar-refractivity contribution in [1.29, 1.82) is 0 Å². The Balaban J connectivity index is 1.24. The van der Waals surface area contributed by atoms with Crippen LogP contribution in [0.25, 0.3) is 0 Å². The summed E-state index contributed by atoms with van der Waals surface area (Å²) in [4.78, 5) is 52.3. The molecule has 7 nitrogen and oxygen atoms in total. The number of benzene rings is 2. The maximum atomic E-state index is 13.2. The minimum absolute atomic E-state index is 0.00254. The molecule has 4 saturated carbocycles. The first-order chi connectivity index (χ1) is 16.8. The van der Waals surface area contributed by atoms with Crippen LogP contribution in [0.1, 0.15) is 75.2 Å². The van der Waals surface area contributed by atoms with Crippen LogP contribution >= 0.6 is 0 Å². The minimum Gasteiger partial charge on any atom is -0.480 e. The Labute approximate surface area is 203 Å². The topological polar surface area (TPSA) is 101 Å². The summed E-state index contributed by atoms with van der Waals surface area (Å²) in [6, 6.07) is 11.9. The van der Waals surface area contributed by atoms with Gasteiger partial charge in [0, 0.05) is 6.42 Å². The fraction of sp³-hybridized carbons (Fsp3) is 0.429. The van der Waals surface area contributed by atoms with Gasteiger partial charge in [-0.25, -0.2) is 9.59 Å². The van der Waals surface area contributed by atoms with Crippen LogP contribution in [0, 0.1) is 17.8 Å². The van der Waals surface area contributed by atoms with E-state index in [1.807, 2.05) is 6.07 Å². The minimum atomic E-state index is -1.34. The highest BCUT2D eigenvalue weighted by Crippen LogP contribution is 2.57. The Morgan fingerprint density at radius 3 is 2.11 bits per heavy atom.